The van der Waals surface area contributed by atoms with Crippen LogP contribution in [0.3, 0.4) is 0 Å². The van der Waals surface area contributed by atoms with Crippen LogP contribution in [0.1, 0.15) is 17.0 Å². The number of benzene rings is 2. The summed E-state index contributed by atoms with van der Waals surface area (Å²) in [7, 11) is 0. The molecule has 190 valence electrons. The maximum absolute atomic E-state index is 13.0. The summed E-state index contributed by atoms with van der Waals surface area (Å²) >= 11 is 0.856. The second kappa shape index (κ2) is 10.7. The molecule has 0 bridgehead atoms. The predicted molar refractivity (Wildman–Crippen MR) is 146 cm³/mol. The van der Waals surface area contributed by atoms with Gasteiger partial charge in [0.05, 0.1) is 18.1 Å². The minimum Gasteiger partial charge on any atom is -0.378 e. The number of nitrogens with zero attached hydrogens (tertiary/aromatic N) is 3. The van der Waals surface area contributed by atoms with Crippen LogP contribution in [0.15, 0.2) is 65.6 Å². The molecule has 2 aromatic carbocycles. The summed E-state index contributed by atoms with van der Waals surface area (Å²) in [5.74, 6) is -0.883. The van der Waals surface area contributed by atoms with E-state index in [9.17, 15) is 14.4 Å². The largest absolute Gasteiger partial charge is 0.378 e. The normalized spacial score (nSPS) is 17.1. The van der Waals surface area contributed by atoms with E-state index in [1.54, 1.807) is 30.3 Å². The zero-order chi connectivity index (χ0) is 25.9. The van der Waals surface area contributed by atoms with Gasteiger partial charge in [0.1, 0.15) is 6.54 Å². The number of para-hydroxylation sites is 1. The van der Waals surface area contributed by atoms with E-state index in [0.717, 1.165) is 65.6 Å². The van der Waals surface area contributed by atoms with E-state index in [1.807, 2.05) is 26.0 Å². The Morgan fingerprint density at radius 2 is 1.68 bits per heavy atom. The summed E-state index contributed by atoms with van der Waals surface area (Å²) in [6, 6.07) is 19.4. The van der Waals surface area contributed by atoms with Crippen molar-refractivity contribution in [2.75, 3.05) is 43.1 Å². The average molecular weight is 517 g/mol. The van der Waals surface area contributed by atoms with E-state index < -0.39 is 17.1 Å². The van der Waals surface area contributed by atoms with Crippen LogP contribution >= 0.6 is 11.8 Å². The minimum atomic E-state index is -0.460. The molecule has 1 N–H and O–H groups in total. The monoisotopic (exact) mass is 516 g/mol. The summed E-state index contributed by atoms with van der Waals surface area (Å²) < 4.78 is 7.58. The van der Waals surface area contributed by atoms with Crippen molar-refractivity contribution in [3.05, 3.63) is 82.5 Å². The van der Waals surface area contributed by atoms with E-state index in [2.05, 4.69) is 39.0 Å². The molecule has 0 atom stereocenters. The van der Waals surface area contributed by atoms with Crippen molar-refractivity contribution < 1.29 is 19.1 Å². The first-order chi connectivity index (χ1) is 17.9. The maximum Gasteiger partial charge on any atom is 0.294 e. The molecule has 0 unspecified atom stereocenters. The molecular formula is C28H28N4O4S. The molecule has 0 aliphatic carbocycles. The highest BCUT2D eigenvalue weighted by molar-refractivity contribution is 8.18. The predicted octanol–water partition coefficient (Wildman–Crippen LogP) is 4.61. The molecular weight excluding hydrogens is 488 g/mol. The Hall–Kier alpha value is -3.82. The van der Waals surface area contributed by atoms with Crippen molar-refractivity contribution >= 4 is 46.3 Å². The number of anilines is 2. The highest BCUT2D eigenvalue weighted by Gasteiger charge is 2.36. The van der Waals surface area contributed by atoms with Gasteiger partial charge in [-0.05, 0) is 79.7 Å². The average Bonchev–Trinajstić information content (AvgIpc) is 3.33. The van der Waals surface area contributed by atoms with Gasteiger partial charge in [-0.1, -0.05) is 18.2 Å². The number of imide groups is 1. The molecule has 3 heterocycles. The molecule has 9 heteroatoms. The molecule has 0 saturated carbocycles. The summed E-state index contributed by atoms with van der Waals surface area (Å²) in [5, 5.41) is 2.26. The number of amides is 3. The number of thioether (sulfide) groups is 1. The zero-order valence-electron chi connectivity index (χ0n) is 20.8. The van der Waals surface area contributed by atoms with E-state index in [4.69, 9.17) is 4.74 Å². The van der Waals surface area contributed by atoms with Crippen molar-refractivity contribution in [2.45, 2.75) is 13.8 Å². The molecule has 2 fully saturated rings. The van der Waals surface area contributed by atoms with Crippen LogP contribution in [-0.4, -0.2) is 59.4 Å². The van der Waals surface area contributed by atoms with Crippen molar-refractivity contribution in [2.24, 2.45) is 0 Å². The van der Waals surface area contributed by atoms with Crippen LogP contribution < -0.4 is 10.2 Å². The quantitative estimate of drug-likeness (QED) is 0.482. The van der Waals surface area contributed by atoms with Crippen LogP contribution in [0.4, 0.5) is 16.2 Å². The molecule has 3 aromatic rings. The SMILES string of the molecule is Cc1cc(/C=C2\SC(=O)N(CC(=O)Nc3ccccc3)C2=O)c(C)n1-c1ccc(N2CCOCC2)cc1. The smallest absolute Gasteiger partial charge is 0.294 e. The molecule has 5 rings (SSSR count). The van der Waals surface area contributed by atoms with Crippen LogP contribution in [0, 0.1) is 13.8 Å². The van der Waals surface area contributed by atoms with Gasteiger partial charge in [0.15, 0.2) is 0 Å². The second-order valence-corrected chi connectivity index (χ2v) is 9.95. The molecule has 1 aromatic heterocycles. The van der Waals surface area contributed by atoms with E-state index >= 15 is 0 Å². The Morgan fingerprint density at radius 3 is 2.38 bits per heavy atom. The highest BCUT2D eigenvalue weighted by atomic mass is 32.2. The number of hydrogen-bond donors (Lipinski definition) is 1. The Morgan fingerprint density at radius 1 is 1.00 bits per heavy atom. The van der Waals surface area contributed by atoms with Crippen LogP contribution in [0.2, 0.25) is 0 Å². The van der Waals surface area contributed by atoms with Crippen molar-refractivity contribution in [1.29, 1.82) is 0 Å². The fourth-order valence-electron chi connectivity index (χ4n) is 4.61. The summed E-state index contributed by atoms with van der Waals surface area (Å²) in [6.07, 6.45) is 1.74. The van der Waals surface area contributed by atoms with Crippen molar-refractivity contribution in [3.8, 4) is 5.69 Å². The number of rotatable bonds is 6. The number of nitrogens with one attached hydrogen (secondary N) is 1. The van der Waals surface area contributed by atoms with Gasteiger partial charge in [-0.15, -0.1) is 0 Å². The topological polar surface area (TPSA) is 83.9 Å². The molecule has 37 heavy (non-hydrogen) atoms. The standard InChI is InChI=1S/C28H28N4O4S/c1-19-16-21(20(2)32(19)24-10-8-23(9-11-24)30-12-14-36-15-13-30)17-25-27(34)31(28(35)37-25)18-26(33)29-22-6-4-3-5-7-22/h3-11,16-17H,12-15,18H2,1-2H3,(H,29,33)/b25-17-. The zero-order valence-corrected chi connectivity index (χ0v) is 21.6. The van der Waals surface area contributed by atoms with Gasteiger partial charge in [-0.2, -0.15) is 0 Å². The molecule has 8 nitrogen and oxygen atoms in total. The third kappa shape index (κ3) is 5.33. The van der Waals surface area contributed by atoms with Crippen LogP contribution in [-0.2, 0) is 14.3 Å². The number of carbonyl (C=O) groups is 3. The highest BCUT2D eigenvalue weighted by Crippen LogP contribution is 2.34. The van der Waals surface area contributed by atoms with Gasteiger partial charge >= 0.3 is 0 Å². The summed E-state index contributed by atoms with van der Waals surface area (Å²) in [4.78, 5) is 41.5. The number of aromatic nitrogens is 1. The van der Waals surface area contributed by atoms with E-state index in [0.29, 0.717) is 10.6 Å². The third-order valence-corrected chi connectivity index (χ3v) is 7.38. The van der Waals surface area contributed by atoms with E-state index in [1.165, 1.54) is 5.69 Å². The molecule has 3 amide bonds. The van der Waals surface area contributed by atoms with Gasteiger partial charge in [0.25, 0.3) is 11.1 Å². The minimum absolute atomic E-state index is 0.306. The lowest BCUT2D eigenvalue weighted by atomic mass is 10.2. The van der Waals surface area contributed by atoms with Crippen LogP contribution in [0.5, 0.6) is 0 Å². The first kappa shape index (κ1) is 24.9. The lowest BCUT2D eigenvalue weighted by Gasteiger charge is -2.29. The number of morpholine rings is 1. The first-order valence-electron chi connectivity index (χ1n) is 12.1. The fourth-order valence-corrected chi connectivity index (χ4v) is 5.44. The number of hydrogen-bond acceptors (Lipinski definition) is 6. The second-order valence-electron chi connectivity index (χ2n) is 8.96. The molecule has 0 radical (unpaired) electrons. The van der Waals surface area contributed by atoms with Gasteiger partial charge in [-0.25, -0.2) is 0 Å². The molecule has 2 aliphatic heterocycles. The summed E-state index contributed by atoms with van der Waals surface area (Å²) in [6.45, 7) is 6.92. The number of aryl methyl sites for hydroxylation is 1. The first-order valence-corrected chi connectivity index (χ1v) is 12.9. The Labute approximate surface area is 219 Å². The molecule has 0 spiro atoms. The van der Waals surface area contributed by atoms with Gasteiger partial charge in [0, 0.05) is 41.5 Å². The number of carbonyl (C=O) groups excluding carboxylic acids is 3. The Bertz CT molecular complexity index is 1360. The lowest BCUT2D eigenvalue weighted by Crippen LogP contribution is -2.36. The summed E-state index contributed by atoms with van der Waals surface area (Å²) in [5.41, 5.74) is 5.64. The maximum atomic E-state index is 13.0. The fraction of sp³-hybridized carbons (Fsp3) is 0.250. The van der Waals surface area contributed by atoms with Crippen molar-refractivity contribution in [1.82, 2.24) is 9.47 Å². The third-order valence-electron chi connectivity index (χ3n) is 6.47. The molecule has 2 aliphatic rings. The van der Waals surface area contributed by atoms with Gasteiger partial charge in [-0.3, -0.25) is 19.3 Å². The van der Waals surface area contributed by atoms with Gasteiger partial charge < -0.3 is 19.5 Å². The van der Waals surface area contributed by atoms with Crippen LogP contribution in [0.25, 0.3) is 11.8 Å². The Kier molecular flexibility index (Phi) is 7.16. The van der Waals surface area contributed by atoms with Crippen molar-refractivity contribution in [3.63, 3.8) is 0 Å². The molecule has 2 saturated heterocycles. The number of ether oxygens (including phenoxy) is 1. The Balaban J connectivity index is 1.31. The van der Waals surface area contributed by atoms with Gasteiger partial charge in [0.2, 0.25) is 5.91 Å². The lowest BCUT2D eigenvalue weighted by molar-refractivity contribution is -0.127. The van der Waals surface area contributed by atoms with E-state index in [-0.39, 0.29) is 6.54 Å².